The summed E-state index contributed by atoms with van der Waals surface area (Å²) in [5.74, 6) is -0.240. The number of hydrogen-bond donors (Lipinski definition) is 1. The molecule has 0 radical (unpaired) electrons. The standard InChI is InChI=1S/C20H27N3O3S/c1-20(2,14-21)15-22(3)19(24)16-9-8-12-18(13-16)27(25,26)23(4)17-10-6-5-7-11-17/h5-13H,14-15,21H2,1-4H3. The molecule has 2 rings (SSSR count). The number of amides is 1. The average Bonchev–Trinajstić information content (AvgIpc) is 2.67. The Kier molecular flexibility index (Phi) is 6.28. The first-order valence-electron chi connectivity index (χ1n) is 8.68. The summed E-state index contributed by atoms with van der Waals surface area (Å²) in [7, 11) is -0.584. The first kappa shape index (κ1) is 20.9. The molecule has 1 amide bonds. The lowest BCUT2D eigenvalue weighted by molar-refractivity contribution is 0.0740. The van der Waals surface area contributed by atoms with Gasteiger partial charge in [-0.05, 0) is 42.3 Å². The van der Waals surface area contributed by atoms with Gasteiger partial charge in [0.25, 0.3) is 15.9 Å². The normalized spacial score (nSPS) is 11.9. The largest absolute Gasteiger partial charge is 0.341 e. The van der Waals surface area contributed by atoms with Crippen LogP contribution in [0.25, 0.3) is 0 Å². The van der Waals surface area contributed by atoms with E-state index in [2.05, 4.69) is 0 Å². The van der Waals surface area contributed by atoms with Crippen LogP contribution in [-0.4, -0.2) is 46.4 Å². The van der Waals surface area contributed by atoms with Crippen LogP contribution in [0.3, 0.4) is 0 Å². The van der Waals surface area contributed by atoms with E-state index >= 15 is 0 Å². The highest BCUT2D eigenvalue weighted by Crippen LogP contribution is 2.23. The number of benzene rings is 2. The summed E-state index contributed by atoms with van der Waals surface area (Å²) < 4.78 is 27.1. The average molecular weight is 390 g/mol. The van der Waals surface area contributed by atoms with Gasteiger partial charge in [-0.1, -0.05) is 38.1 Å². The van der Waals surface area contributed by atoms with Crippen molar-refractivity contribution in [1.82, 2.24) is 4.90 Å². The quantitative estimate of drug-likeness (QED) is 0.789. The predicted octanol–water partition coefficient (Wildman–Crippen LogP) is 2.57. The molecule has 27 heavy (non-hydrogen) atoms. The van der Waals surface area contributed by atoms with Gasteiger partial charge in [0.05, 0.1) is 10.6 Å². The highest BCUT2D eigenvalue weighted by atomic mass is 32.2. The van der Waals surface area contributed by atoms with Crippen LogP contribution in [0.4, 0.5) is 5.69 Å². The molecule has 2 N–H and O–H groups in total. The van der Waals surface area contributed by atoms with Crippen LogP contribution in [0, 0.1) is 5.41 Å². The van der Waals surface area contributed by atoms with E-state index in [9.17, 15) is 13.2 Å². The molecule has 0 aromatic heterocycles. The molecule has 0 aliphatic carbocycles. The third-order valence-corrected chi connectivity index (χ3v) is 6.21. The first-order valence-corrected chi connectivity index (χ1v) is 10.1. The van der Waals surface area contributed by atoms with Crippen LogP contribution in [0.15, 0.2) is 59.5 Å². The lowest BCUT2D eigenvalue weighted by Gasteiger charge is -2.29. The molecule has 0 heterocycles. The monoisotopic (exact) mass is 389 g/mol. The van der Waals surface area contributed by atoms with E-state index in [1.807, 2.05) is 19.9 Å². The van der Waals surface area contributed by atoms with Gasteiger partial charge in [0.15, 0.2) is 0 Å². The van der Waals surface area contributed by atoms with Crippen LogP contribution in [0.1, 0.15) is 24.2 Å². The number of hydrogen-bond acceptors (Lipinski definition) is 4. The number of nitrogens with two attached hydrogens (primary N) is 1. The number of para-hydroxylation sites is 1. The molecule has 0 fully saturated rings. The van der Waals surface area contributed by atoms with E-state index in [1.54, 1.807) is 48.3 Å². The van der Waals surface area contributed by atoms with Crippen molar-refractivity contribution >= 4 is 21.6 Å². The summed E-state index contributed by atoms with van der Waals surface area (Å²) in [6, 6.07) is 14.9. The number of rotatable bonds is 7. The second-order valence-corrected chi connectivity index (χ2v) is 9.33. The van der Waals surface area contributed by atoms with Gasteiger partial charge in [0.2, 0.25) is 0 Å². The van der Waals surface area contributed by atoms with Crippen LogP contribution >= 0.6 is 0 Å². The summed E-state index contributed by atoms with van der Waals surface area (Å²) >= 11 is 0. The molecule has 0 saturated heterocycles. The second-order valence-electron chi connectivity index (χ2n) is 7.37. The number of nitrogens with zero attached hydrogens (tertiary/aromatic N) is 2. The van der Waals surface area contributed by atoms with Crippen molar-refractivity contribution in [2.75, 3.05) is 31.5 Å². The van der Waals surface area contributed by atoms with Crippen molar-refractivity contribution < 1.29 is 13.2 Å². The van der Waals surface area contributed by atoms with Crippen LogP contribution in [0.5, 0.6) is 0 Å². The molecule has 0 saturated carbocycles. The number of carbonyl (C=O) groups is 1. The van der Waals surface area contributed by atoms with Gasteiger partial charge in [-0.25, -0.2) is 8.42 Å². The summed E-state index contributed by atoms with van der Waals surface area (Å²) in [5.41, 5.74) is 6.40. The van der Waals surface area contributed by atoms with Crippen molar-refractivity contribution in [3.8, 4) is 0 Å². The topological polar surface area (TPSA) is 83.7 Å². The fourth-order valence-corrected chi connectivity index (χ4v) is 3.97. The van der Waals surface area contributed by atoms with Crippen LogP contribution in [0.2, 0.25) is 0 Å². The maximum Gasteiger partial charge on any atom is 0.264 e. The first-order chi connectivity index (χ1) is 12.6. The summed E-state index contributed by atoms with van der Waals surface area (Å²) in [4.78, 5) is 14.4. The minimum Gasteiger partial charge on any atom is -0.341 e. The zero-order valence-electron chi connectivity index (χ0n) is 16.2. The molecule has 0 aliphatic heterocycles. The Morgan fingerprint density at radius 3 is 2.26 bits per heavy atom. The second kappa shape index (κ2) is 8.10. The molecule has 0 atom stereocenters. The van der Waals surface area contributed by atoms with E-state index < -0.39 is 10.0 Å². The Hall–Kier alpha value is -2.38. The molecular formula is C20H27N3O3S. The van der Waals surface area contributed by atoms with Gasteiger partial charge < -0.3 is 10.6 Å². The Labute approximate surface area is 161 Å². The minimum absolute atomic E-state index is 0.0752. The maximum absolute atomic E-state index is 12.9. The molecule has 0 unspecified atom stereocenters. The molecule has 2 aromatic rings. The van der Waals surface area contributed by atoms with Gasteiger partial charge in [0, 0.05) is 26.2 Å². The van der Waals surface area contributed by atoms with E-state index in [0.717, 1.165) is 0 Å². The zero-order chi connectivity index (χ0) is 20.2. The van der Waals surface area contributed by atoms with Crippen LogP contribution < -0.4 is 10.0 Å². The summed E-state index contributed by atoms with van der Waals surface area (Å²) in [6.45, 7) is 4.88. The Morgan fingerprint density at radius 2 is 1.67 bits per heavy atom. The SMILES string of the molecule is CN(CC(C)(C)CN)C(=O)c1cccc(S(=O)(=O)N(C)c2ccccc2)c1. The molecule has 0 spiro atoms. The van der Waals surface area contributed by atoms with Crippen molar-refractivity contribution in [3.63, 3.8) is 0 Å². The van der Waals surface area contributed by atoms with Gasteiger partial charge in [-0.3, -0.25) is 9.10 Å². The van der Waals surface area contributed by atoms with E-state index in [4.69, 9.17) is 5.73 Å². The van der Waals surface area contributed by atoms with Crippen molar-refractivity contribution in [1.29, 1.82) is 0 Å². The third-order valence-electron chi connectivity index (χ3n) is 4.42. The molecule has 7 heteroatoms. The highest BCUT2D eigenvalue weighted by Gasteiger charge is 2.25. The minimum atomic E-state index is -3.77. The molecule has 2 aromatic carbocycles. The fourth-order valence-electron chi connectivity index (χ4n) is 2.72. The molecule has 0 bridgehead atoms. The van der Waals surface area contributed by atoms with Gasteiger partial charge in [-0.15, -0.1) is 0 Å². The Morgan fingerprint density at radius 1 is 1.04 bits per heavy atom. The van der Waals surface area contributed by atoms with Gasteiger partial charge in [0.1, 0.15) is 0 Å². The molecule has 146 valence electrons. The van der Waals surface area contributed by atoms with E-state index in [1.165, 1.54) is 23.5 Å². The number of anilines is 1. The van der Waals surface area contributed by atoms with Crippen molar-refractivity contribution in [2.45, 2.75) is 18.7 Å². The Bertz CT molecular complexity index is 896. The third kappa shape index (κ3) is 4.87. The lowest BCUT2D eigenvalue weighted by Crippen LogP contribution is -2.39. The van der Waals surface area contributed by atoms with Crippen molar-refractivity contribution in [3.05, 3.63) is 60.2 Å². The van der Waals surface area contributed by atoms with Crippen molar-refractivity contribution in [2.24, 2.45) is 11.1 Å². The van der Waals surface area contributed by atoms with E-state index in [-0.39, 0.29) is 16.2 Å². The number of carbonyl (C=O) groups excluding carboxylic acids is 1. The fraction of sp³-hybridized carbons (Fsp3) is 0.350. The molecular weight excluding hydrogens is 362 g/mol. The predicted molar refractivity (Wildman–Crippen MR) is 108 cm³/mol. The Balaban J connectivity index is 2.30. The highest BCUT2D eigenvalue weighted by molar-refractivity contribution is 7.92. The molecule has 6 nitrogen and oxygen atoms in total. The van der Waals surface area contributed by atoms with Gasteiger partial charge >= 0.3 is 0 Å². The number of sulfonamides is 1. The van der Waals surface area contributed by atoms with Crippen LogP contribution in [-0.2, 0) is 10.0 Å². The smallest absolute Gasteiger partial charge is 0.264 e. The maximum atomic E-state index is 12.9. The lowest BCUT2D eigenvalue weighted by atomic mass is 9.93. The zero-order valence-corrected chi connectivity index (χ0v) is 17.0. The summed E-state index contributed by atoms with van der Waals surface area (Å²) in [5, 5.41) is 0. The summed E-state index contributed by atoms with van der Waals surface area (Å²) in [6.07, 6.45) is 0. The molecule has 0 aliphatic rings. The van der Waals surface area contributed by atoms with E-state index in [0.29, 0.717) is 24.3 Å². The van der Waals surface area contributed by atoms with Gasteiger partial charge in [-0.2, -0.15) is 0 Å².